The number of allylic oxidation sites excluding steroid dienone is 1. The van der Waals surface area contributed by atoms with E-state index in [4.69, 9.17) is 61.6 Å². The van der Waals surface area contributed by atoms with Crippen molar-refractivity contribution in [2.45, 2.75) is 228 Å². The van der Waals surface area contributed by atoms with Gasteiger partial charge in [0.1, 0.15) is 17.9 Å². The van der Waals surface area contributed by atoms with Crippen LogP contribution in [0.25, 0.3) is 0 Å². The molecule has 19 atom stereocenters. The Morgan fingerprint density at radius 3 is 1.70 bits per heavy atom. The molecule has 3 aliphatic heterocycles. The Kier molecular flexibility index (Phi) is 23.6. The quantitative estimate of drug-likeness (QED) is 0.0584. The summed E-state index contributed by atoms with van der Waals surface area (Å²) in [5.74, 6) is -4.83. The van der Waals surface area contributed by atoms with Gasteiger partial charge in [-0.25, -0.2) is 4.68 Å². The molecule has 0 radical (unpaired) electrons. The molecule has 1 aliphatic carbocycles. The maximum atomic E-state index is 13.9. The van der Waals surface area contributed by atoms with Gasteiger partial charge in [0.05, 0.1) is 75.7 Å². The third-order valence-electron chi connectivity index (χ3n) is 14.7. The summed E-state index contributed by atoms with van der Waals surface area (Å²) >= 11 is 0. The van der Waals surface area contributed by atoms with Gasteiger partial charge in [-0.15, -0.1) is 5.10 Å². The molecule has 23 nitrogen and oxygen atoms in total. The average Bonchev–Trinajstić information content (AvgIpc) is 3.81. The van der Waals surface area contributed by atoms with Crippen LogP contribution in [0.1, 0.15) is 129 Å². The molecular formula is C53H84N4O19. The van der Waals surface area contributed by atoms with Crippen LogP contribution in [0.3, 0.4) is 0 Å². The van der Waals surface area contributed by atoms with E-state index in [0.29, 0.717) is 45.1 Å². The number of hydrogen-bond donors (Lipinski definition) is 0. The number of aromatic nitrogens is 3. The first-order valence-corrected chi connectivity index (χ1v) is 26.8. The van der Waals surface area contributed by atoms with Crippen LogP contribution >= 0.6 is 0 Å². The summed E-state index contributed by atoms with van der Waals surface area (Å²) in [6.45, 7) is 27.1. The van der Waals surface area contributed by atoms with Crippen LogP contribution in [0, 0.1) is 23.7 Å². The summed E-state index contributed by atoms with van der Waals surface area (Å²) in [6.07, 6.45) is -8.76. The van der Waals surface area contributed by atoms with E-state index in [1.165, 1.54) is 41.5 Å². The summed E-state index contributed by atoms with van der Waals surface area (Å²) in [5.41, 5.74) is 1.56. The highest BCUT2D eigenvalue weighted by atomic mass is 16.8. The SMILES string of the molecule is CCOCCOCCn1cc(CO[C@@H]2O[C@H](CC)[C@@H](O[C@H]3O[C@H](CC)[C@@H](O[C@H]4O[C@H](C)[C@@H](N(C(C)=O)[C@H]5C=C(CC)[C@@H](C)[C@H](C)[C@H]5OC(C)=O)[C@H](C)[C@H]4OC(C)=O)[C@H](C)[C@H]3OC(C)=O)[C@H](OC(C)=O)[C@H]2OC(C)=O)nn1. The topological polar surface area (TPSA) is 256 Å². The van der Waals surface area contributed by atoms with Crippen LogP contribution in [0.4, 0.5) is 0 Å². The van der Waals surface area contributed by atoms with E-state index in [-0.39, 0.29) is 30.8 Å². The Morgan fingerprint density at radius 2 is 1.12 bits per heavy atom. The fraction of sp³-hybridized carbons (Fsp3) is 0.811. The van der Waals surface area contributed by atoms with Gasteiger partial charge >= 0.3 is 29.8 Å². The van der Waals surface area contributed by atoms with E-state index in [0.717, 1.165) is 12.0 Å². The lowest BCUT2D eigenvalue weighted by Gasteiger charge is -2.53. The largest absolute Gasteiger partial charge is 0.460 e. The highest BCUT2D eigenvalue weighted by Crippen LogP contribution is 2.43. The van der Waals surface area contributed by atoms with Crippen molar-refractivity contribution in [3.05, 3.63) is 23.5 Å². The maximum absolute atomic E-state index is 13.9. The Morgan fingerprint density at radius 1 is 0.592 bits per heavy atom. The van der Waals surface area contributed by atoms with Crippen molar-refractivity contribution in [3.8, 4) is 0 Å². The predicted octanol–water partition coefficient (Wildman–Crippen LogP) is 4.77. The average molecular weight is 1080 g/mol. The normalized spacial score (nSPS) is 34.6. The molecule has 0 unspecified atom stereocenters. The van der Waals surface area contributed by atoms with Gasteiger partial charge in [0.2, 0.25) is 5.91 Å². The van der Waals surface area contributed by atoms with Gasteiger partial charge in [-0.3, -0.25) is 28.8 Å². The zero-order valence-electron chi connectivity index (χ0n) is 47.0. The zero-order chi connectivity index (χ0) is 56.1. The molecule has 1 aromatic rings. The highest BCUT2D eigenvalue weighted by molar-refractivity contribution is 5.75. The van der Waals surface area contributed by atoms with Crippen molar-refractivity contribution >= 4 is 35.8 Å². The third-order valence-corrected chi connectivity index (χ3v) is 14.7. The van der Waals surface area contributed by atoms with E-state index in [1.807, 2.05) is 54.5 Å². The monoisotopic (exact) mass is 1080 g/mol. The predicted molar refractivity (Wildman–Crippen MR) is 267 cm³/mol. The van der Waals surface area contributed by atoms with Crippen LogP contribution in [0.5, 0.6) is 0 Å². The number of carbonyl (C=O) groups excluding carboxylic acids is 6. The van der Waals surface area contributed by atoms with E-state index in [2.05, 4.69) is 17.2 Å². The fourth-order valence-electron chi connectivity index (χ4n) is 11.0. The molecule has 76 heavy (non-hydrogen) atoms. The van der Waals surface area contributed by atoms with Gasteiger partial charge in [-0.2, -0.15) is 0 Å². The molecule has 0 N–H and O–H groups in total. The van der Waals surface area contributed by atoms with Gasteiger partial charge in [0.25, 0.3) is 0 Å². The molecule has 4 heterocycles. The van der Waals surface area contributed by atoms with Crippen LogP contribution in [0.15, 0.2) is 17.8 Å². The second kappa shape index (κ2) is 28.8. The minimum absolute atomic E-state index is 0.0825. The first-order chi connectivity index (χ1) is 36.0. The van der Waals surface area contributed by atoms with Crippen LogP contribution < -0.4 is 0 Å². The summed E-state index contributed by atoms with van der Waals surface area (Å²) in [5, 5.41) is 8.34. The van der Waals surface area contributed by atoms with Gasteiger partial charge < -0.3 is 66.5 Å². The van der Waals surface area contributed by atoms with Crippen LogP contribution in [-0.4, -0.2) is 174 Å². The minimum atomic E-state index is -1.36. The lowest BCUT2D eigenvalue weighted by atomic mass is 9.74. The van der Waals surface area contributed by atoms with Crippen molar-refractivity contribution < 1.29 is 90.3 Å². The maximum Gasteiger partial charge on any atom is 0.303 e. The van der Waals surface area contributed by atoms with Crippen molar-refractivity contribution in [3.63, 3.8) is 0 Å². The fourth-order valence-corrected chi connectivity index (χ4v) is 11.0. The molecule has 1 aromatic heterocycles. The Labute approximate surface area is 446 Å². The Bertz CT molecular complexity index is 2120. The molecule has 4 aliphatic rings. The minimum Gasteiger partial charge on any atom is -0.460 e. The molecule has 23 heteroatoms. The molecule has 0 bridgehead atoms. The number of hydrogen-bond acceptors (Lipinski definition) is 21. The van der Waals surface area contributed by atoms with Crippen molar-refractivity contribution in [2.75, 3.05) is 26.4 Å². The first kappa shape index (κ1) is 62.2. The highest BCUT2D eigenvalue weighted by Gasteiger charge is 2.57. The van der Waals surface area contributed by atoms with Gasteiger partial charge in [0.15, 0.2) is 43.3 Å². The third kappa shape index (κ3) is 15.8. The van der Waals surface area contributed by atoms with E-state index >= 15 is 0 Å². The van der Waals surface area contributed by atoms with Gasteiger partial charge in [0, 0.05) is 65.9 Å². The molecule has 3 saturated heterocycles. The van der Waals surface area contributed by atoms with Crippen LogP contribution in [0.2, 0.25) is 0 Å². The van der Waals surface area contributed by atoms with E-state index in [1.54, 1.807) is 22.7 Å². The number of amides is 1. The van der Waals surface area contributed by atoms with E-state index in [9.17, 15) is 28.8 Å². The summed E-state index contributed by atoms with van der Waals surface area (Å²) < 4.78 is 81.8. The second-order valence-electron chi connectivity index (χ2n) is 20.1. The Balaban J connectivity index is 1.41. The summed E-state index contributed by atoms with van der Waals surface area (Å²) in [7, 11) is 0. The lowest BCUT2D eigenvalue weighted by molar-refractivity contribution is -0.368. The number of rotatable bonds is 24. The first-order valence-electron chi connectivity index (χ1n) is 26.8. The number of esters is 5. The van der Waals surface area contributed by atoms with E-state index < -0.39 is 134 Å². The smallest absolute Gasteiger partial charge is 0.303 e. The summed E-state index contributed by atoms with van der Waals surface area (Å²) in [4.78, 5) is 79.7. The summed E-state index contributed by atoms with van der Waals surface area (Å²) in [6, 6.07) is -1.34. The van der Waals surface area contributed by atoms with Crippen molar-refractivity contribution in [2.24, 2.45) is 23.7 Å². The molecule has 0 aromatic carbocycles. The molecule has 0 spiro atoms. The second-order valence-corrected chi connectivity index (χ2v) is 20.1. The van der Waals surface area contributed by atoms with Gasteiger partial charge in [-0.1, -0.05) is 65.3 Å². The Hall–Kier alpha value is -4.62. The molecule has 5 rings (SSSR count). The van der Waals surface area contributed by atoms with Crippen molar-refractivity contribution in [1.82, 2.24) is 19.9 Å². The van der Waals surface area contributed by atoms with Crippen molar-refractivity contribution in [1.29, 1.82) is 0 Å². The van der Waals surface area contributed by atoms with Gasteiger partial charge in [-0.05, 0) is 39.0 Å². The lowest BCUT2D eigenvalue weighted by Crippen LogP contribution is -2.67. The molecule has 3 fully saturated rings. The standard InChI is InChI=1S/C53H84N4O19/c1-16-38-24-40(44(68-33(11)59)28(6)27(38)5)57(32(10)58)43-29(7)46(69-34(12)60)52(67-31(43)9)75-45-30(8)47(70-35(13)61)53(74-41(45)17-2)76-48-42(18-3)73-51(50(72-37(15)63)49(48)71-36(14)62)66-26-39-25-56(55-54-39)20-21-65-23-22-64-19-4/h24-25,27-31,40-53H,16-23,26H2,1-15H3/t27-,28-,29-,30-,31+,40-,41+,42+,43-,44+,45-,46+,47+,48+,49-,50+,51+,52+,53+/m0/s1. The number of nitrogens with zero attached hydrogens (tertiary/aromatic N) is 4. The van der Waals surface area contributed by atoms with Crippen LogP contribution in [-0.2, 0) is 103 Å². The zero-order valence-corrected chi connectivity index (χ0v) is 47.0. The number of carbonyl (C=O) groups is 6. The molecular weight excluding hydrogens is 997 g/mol. The number of ether oxygens (including phenoxy) is 13. The molecule has 430 valence electrons. The molecule has 0 saturated carbocycles. The molecule has 1 amide bonds.